The van der Waals surface area contributed by atoms with E-state index in [2.05, 4.69) is 22.1 Å². The number of anilines is 1. The first-order chi connectivity index (χ1) is 8.79. The topological polar surface area (TPSA) is 42.0 Å². The van der Waals surface area contributed by atoms with Crippen LogP contribution in [0.4, 0.5) is 5.13 Å². The van der Waals surface area contributed by atoms with E-state index < -0.39 is 0 Å². The second-order valence-corrected chi connectivity index (χ2v) is 4.85. The van der Waals surface area contributed by atoms with E-state index in [4.69, 9.17) is 0 Å². The third kappa shape index (κ3) is 3.31. The molecule has 0 saturated heterocycles. The van der Waals surface area contributed by atoms with Crippen molar-refractivity contribution in [2.75, 3.05) is 5.32 Å². The number of nitrogens with zero attached hydrogens (tertiary/aromatic N) is 1. The standard InChI is InChI=1S/C14H14N2OS/c1-2-3-4-5-10-13(17)16-14-15-11-8-6-7-9-12(11)18-14/h6-9H,4-5,10H2,1H3,(H,15,16,17). The number of hydrogen-bond donors (Lipinski definition) is 1. The molecule has 0 saturated carbocycles. The van der Waals surface area contributed by atoms with Crippen molar-refractivity contribution in [3.05, 3.63) is 24.3 Å². The summed E-state index contributed by atoms with van der Waals surface area (Å²) in [6, 6.07) is 7.85. The molecule has 0 spiro atoms. The van der Waals surface area contributed by atoms with Crippen LogP contribution in [0.3, 0.4) is 0 Å². The van der Waals surface area contributed by atoms with Gasteiger partial charge in [-0.25, -0.2) is 4.98 Å². The minimum atomic E-state index is 0.00644. The maximum atomic E-state index is 11.7. The van der Waals surface area contributed by atoms with Crippen molar-refractivity contribution >= 4 is 32.6 Å². The van der Waals surface area contributed by atoms with Crippen molar-refractivity contribution < 1.29 is 4.79 Å². The molecule has 0 radical (unpaired) electrons. The third-order valence-corrected chi connectivity index (χ3v) is 3.37. The molecule has 1 N–H and O–H groups in total. The molecule has 0 atom stereocenters. The molecule has 0 bridgehead atoms. The van der Waals surface area contributed by atoms with Crippen LogP contribution in [-0.4, -0.2) is 10.9 Å². The molecule has 0 fully saturated rings. The number of carbonyl (C=O) groups is 1. The Kier molecular flexibility index (Phi) is 4.32. The van der Waals surface area contributed by atoms with E-state index in [1.165, 1.54) is 11.3 Å². The van der Waals surface area contributed by atoms with Crippen molar-refractivity contribution in [1.82, 2.24) is 4.98 Å². The summed E-state index contributed by atoms with van der Waals surface area (Å²) in [4.78, 5) is 16.0. The van der Waals surface area contributed by atoms with Crippen LogP contribution in [0.5, 0.6) is 0 Å². The Bertz CT molecular complexity index is 574. The van der Waals surface area contributed by atoms with Gasteiger partial charge in [0.15, 0.2) is 5.13 Å². The number of benzene rings is 1. The lowest BCUT2D eigenvalue weighted by atomic mass is 10.2. The highest BCUT2D eigenvalue weighted by molar-refractivity contribution is 7.22. The van der Waals surface area contributed by atoms with E-state index in [1.807, 2.05) is 24.3 Å². The number of carbonyl (C=O) groups excluding carboxylic acids is 1. The molecule has 0 aliphatic carbocycles. The molecular weight excluding hydrogens is 244 g/mol. The lowest BCUT2D eigenvalue weighted by molar-refractivity contribution is -0.116. The van der Waals surface area contributed by atoms with E-state index in [9.17, 15) is 4.79 Å². The number of fused-ring (bicyclic) bond motifs is 1. The fraction of sp³-hybridized carbons (Fsp3) is 0.286. The quantitative estimate of drug-likeness (QED) is 0.674. The maximum absolute atomic E-state index is 11.7. The lowest BCUT2D eigenvalue weighted by Gasteiger charge is -1.98. The summed E-state index contributed by atoms with van der Waals surface area (Å²) in [6.07, 6.45) is 2.05. The zero-order valence-electron chi connectivity index (χ0n) is 10.2. The van der Waals surface area contributed by atoms with E-state index in [0.29, 0.717) is 11.6 Å². The van der Waals surface area contributed by atoms with Crippen LogP contribution >= 0.6 is 11.3 Å². The van der Waals surface area contributed by atoms with Gasteiger partial charge in [0, 0.05) is 12.8 Å². The average molecular weight is 258 g/mol. The fourth-order valence-electron chi connectivity index (χ4n) is 1.57. The van der Waals surface area contributed by atoms with Crippen molar-refractivity contribution in [2.45, 2.75) is 26.2 Å². The number of unbranched alkanes of at least 4 members (excludes halogenated alkanes) is 1. The molecule has 1 aromatic heterocycles. The van der Waals surface area contributed by atoms with Gasteiger partial charge in [0.2, 0.25) is 5.91 Å². The van der Waals surface area contributed by atoms with Crippen molar-refractivity contribution in [3.8, 4) is 11.8 Å². The number of rotatable bonds is 4. The van der Waals surface area contributed by atoms with Gasteiger partial charge in [0.1, 0.15) is 0 Å². The minimum Gasteiger partial charge on any atom is -0.302 e. The predicted octanol–water partition coefficient (Wildman–Crippen LogP) is 3.43. The van der Waals surface area contributed by atoms with Crippen molar-refractivity contribution in [2.24, 2.45) is 0 Å². The molecule has 1 heterocycles. The molecule has 1 amide bonds. The van der Waals surface area contributed by atoms with E-state index in [1.54, 1.807) is 6.92 Å². The Balaban J connectivity index is 1.91. The first-order valence-electron chi connectivity index (χ1n) is 5.84. The van der Waals surface area contributed by atoms with Gasteiger partial charge in [-0.05, 0) is 25.5 Å². The number of para-hydroxylation sites is 1. The fourth-order valence-corrected chi connectivity index (χ4v) is 2.45. The predicted molar refractivity (Wildman–Crippen MR) is 75.6 cm³/mol. The molecule has 2 rings (SSSR count). The molecule has 1 aromatic carbocycles. The molecule has 2 aromatic rings. The average Bonchev–Trinajstić information content (AvgIpc) is 2.76. The minimum absolute atomic E-state index is 0.00644. The van der Waals surface area contributed by atoms with Gasteiger partial charge in [-0.2, -0.15) is 0 Å². The van der Waals surface area contributed by atoms with Crippen LogP contribution in [0.15, 0.2) is 24.3 Å². The maximum Gasteiger partial charge on any atom is 0.226 e. The smallest absolute Gasteiger partial charge is 0.226 e. The number of nitrogens with one attached hydrogen (secondary N) is 1. The summed E-state index contributed by atoms with van der Waals surface area (Å²) < 4.78 is 1.09. The second kappa shape index (κ2) is 6.18. The summed E-state index contributed by atoms with van der Waals surface area (Å²) >= 11 is 1.50. The van der Waals surface area contributed by atoms with Gasteiger partial charge in [-0.15, -0.1) is 11.8 Å². The summed E-state index contributed by atoms with van der Waals surface area (Å²) in [7, 11) is 0. The van der Waals surface area contributed by atoms with E-state index >= 15 is 0 Å². The highest BCUT2D eigenvalue weighted by Gasteiger charge is 2.06. The molecule has 0 unspecified atom stereocenters. The normalized spacial score (nSPS) is 9.83. The van der Waals surface area contributed by atoms with Crippen LogP contribution in [0.2, 0.25) is 0 Å². The lowest BCUT2D eigenvalue weighted by Crippen LogP contribution is -2.10. The van der Waals surface area contributed by atoms with E-state index in [-0.39, 0.29) is 5.91 Å². The number of amides is 1. The zero-order valence-corrected chi connectivity index (χ0v) is 11.0. The van der Waals surface area contributed by atoms with E-state index in [0.717, 1.165) is 23.1 Å². The molecule has 0 aliphatic rings. The molecular formula is C14H14N2OS. The van der Waals surface area contributed by atoms with Crippen molar-refractivity contribution in [1.29, 1.82) is 0 Å². The third-order valence-electron chi connectivity index (χ3n) is 2.42. The Morgan fingerprint density at radius 2 is 2.28 bits per heavy atom. The van der Waals surface area contributed by atoms with Crippen LogP contribution in [-0.2, 0) is 4.79 Å². The molecule has 92 valence electrons. The summed E-state index contributed by atoms with van der Waals surface area (Å²) in [5.41, 5.74) is 0.926. The zero-order chi connectivity index (χ0) is 12.8. The molecule has 4 heteroatoms. The summed E-state index contributed by atoms with van der Waals surface area (Å²) in [6.45, 7) is 1.81. The van der Waals surface area contributed by atoms with Gasteiger partial charge in [0.05, 0.1) is 10.2 Å². The highest BCUT2D eigenvalue weighted by Crippen LogP contribution is 2.25. The number of hydrogen-bond acceptors (Lipinski definition) is 3. The SMILES string of the molecule is CC#CCCCC(=O)Nc1nc2ccccc2s1. The van der Waals surface area contributed by atoms with Gasteiger partial charge < -0.3 is 5.32 Å². The molecule has 3 nitrogen and oxygen atoms in total. The molecule has 0 aliphatic heterocycles. The number of aromatic nitrogens is 1. The second-order valence-electron chi connectivity index (χ2n) is 3.82. The first kappa shape index (κ1) is 12.6. The van der Waals surface area contributed by atoms with Crippen molar-refractivity contribution in [3.63, 3.8) is 0 Å². The van der Waals surface area contributed by atoms with Gasteiger partial charge in [-0.1, -0.05) is 23.5 Å². The first-order valence-corrected chi connectivity index (χ1v) is 6.66. The summed E-state index contributed by atoms with van der Waals surface area (Å²) in [5.74, 6) is 5.77. The van der Waals surface area contributed by atoms with Crippen LogP contribution < -0.4 is 5.32 Å². The largest absolute Gasteiger partial charge is 0.302 e. The van der Waals surface area contributed by atoms with Crippen LogP contribution in [0, 0.1) is 11.8 Å². The van der Waals surface area contributed by atoms with Gasteiger partial charge in [-0.3, -0.25) is 4.79 Å². The summed E-state index contributed by atoms with van der Waals surface area (Å²) in [5, 5.41) is 3.50. The highest BCUT2D eigenvalue weighted by atomic mass is 32.1. The number of thiazole rings is 1. The Hall–Kier alpha value is -1.86. The van der Waals surface area contributed by atoms with Gasteiger partial charge in [0.25, 0.3) is 0 Å². The Morgan fingerprint density at radius 3 is 3.06 bits per heavy atom. The Morgan fingerprint density at radius 1 is 1.44 bits per heavy atom. The Labute approximate surface area is 110 Å². The van der Waals surface area contributed by atoms with Crippen LogP contribution in [0.25, 0.3) is 10.2 Å². The monoisotopic (exact) mass is 258 g/mol. The van der Waals surface area contributed by atoms with Gasteiger partial charge >= 0.3 is 0 Å². The molecule has 18 heavy (non-hydrogen) atoms. The van der Waals surface area contributed by atoms with Crippen LogP contribution in [0.1, 0.15) is 26.2 Å².